The molecule has 0 aliphatic heterocycles. The fraction of sp³-hybridized carbons (Fsp3) is 0.350. The van der Waals surface area contributed by atoms with Crippen LogP contribution in [0.1, 0.15) is 48.2 Å². The minimum Gasteiger partial charge on any atom is -0.489 e. The van der Waals surface area contributed by atoms with Crippen LogP contribution in [0.15, 0.2) is 48.5 Å². The molecule has 0 heterocycles. The summed E-state index contributed by atoms with van der Waals surface area (Å²) in [7, 11) is 1.38. The van der Waals surface area contributed by atoms with Gasteiger partial charge in [0.2, 0.25) is 0 Å². The average molecular weight is 312 g/mol. The molecule has 1 unspecified atom stereocenters. The van der Waals surface area contributed by atoms with Gasteiger partial charge in [-0.2, -0.15) is 0 Å². The standard InChI is InChI=1S/C20H24O3/c1-14(2)15(3)18-7-5-6-8-19(18)23-13-16-9-11-17(12-10-16)20(21)22-4/h5-12,14-15H,13H2,1-4H3. The smallest absolute Gasteiger partial charge is 0.337 e. The quantitative estimate of drug-likeness (QED) is 0.718. The first-order valence-electron chi connectivity index (χ1n) is 7.92. The minimum atomic E-state index is -0.325. The van der Waals surface area contributed by atoms with Crippen LogP contribution in [0, 0.1) is 5.92 Å². The van der Waals surface area contributed by atoms with Crippen molar-refractivity contribution in [3.05, 3.63) is 65.2 Å². The topological polar surface area (TPSA) is 35.5 Å². The van der Waals surface area contributed by atoms with Crippen LogP contribution in [0.5, 0.6) is 5.75 Å². The van der Waals surface area contributed by atoms with Crippen molar-refractivity contribution in [1.29, 1.82) is 0 Å². The summed E-state index contributed by atoms with van der Waals surface area (Å²) in [5, 5.41) is 0. The van der Waals surface area contributed by atoms with Crippen LogP contribution >= 0.6 is 0 Å². The van der Waals surface area contributed by atoms with Crippen molar-refractivity contribution >= 4 is 5.97 Å². The second kappa shape index (κ2) is 7.82. The number of rotatable bonds is 6. The van der Waals surface area contributed by atoms with E-state index in [0.29, 0.717) is 24.0 Å². The summed E-state index contributed by atoms with van der Waals surface area (Å²) in [5.41, 5.74) is 2.79. The number of para-hydroxylation sites is 1. The molecule has 0 bridgehead atoms. The van der Waals surface area contributed by atoms with Gasteiger partial charge in [0.15, 0.2) is 0 Å². The Balaban J connectivity index is 2.08. The van der Waals surface area contributed by atoms with Gasteiger partial charge in [0.25, 0.3) is 0 Å². The molecular formula is C20H24O3. The van der Waals surface area contributed by atoms with E-state index in [2.05, 4.69) is 26.8 Å². The van der Waals surface area contributed by atoms with Gasteiger partial charge in [0.05, 0.1) is 12.7 Å². The first-order chi connectivity index (χ1) is 11.0. The predicted molar refractivity (Wildman–Crippen MR) is 91.8 cm³/mol. The fourth-order valence-electron chi connectivity index (χ4n) is 2.36. The molecule has 2 aromatic carbocycles. The zero-order valence-electron chi connectivity index (χ0n) is 14.2. The van der Waals surface area contributed by atoms with Crippen molar-refractivity contribution in [3.8, 4) is 5.75 Å². The summed E-state index contributed by atoms with van der Waals surface area (Å²) in [4.78, 5) is 11.4. The van der Waals surface area contributed by atoms with Crippen LogP contribution in [0.3, 0.4) is 0 Å². The highest BCUT2D eigenvalue weighted by atomic mass is 16.5. The monoisotopic (exact) mass is 312 g/mol. The Morgan fingerprint density at radius 1 is 1.00 bits per heavy atom. The van der Waals surface area contributed by atoms with E-state index in [4.69, 9.17) is 9.47 Å². The molecule has 0 aromatic heterocycles. The lowest BCUT2D eigenvalue weighted by Crippen LogP contribution is -2.06. The number of carbonyl (C=O) groups excluding carboxylic acids is 1. The minimum absolute atomic E-state index is 0.325. The number of hydrogen-bond acceptors (Lipinski definition) is 3. The summed E-state index contributed by atoms with van der Waals surface area (Å²) in [6, 6.07) is 15.5. The molecular weight excluding hydrogens is 288 g/mol. The lowest BCUT2D eigenvalue weighted by molar-refractivity contribution is 0.0600. The maximum atomic E-state index is 11.4. The SMILES string of the molecule is COC(=O)c1ccc(COc2ccccc2C(C)C(C)C)cc1. The van der Waals surface area contributed by atoms with E-state index in [1.807, 2.05) is 30.3 Å². The molecule has 0 aliphatic rings. The van der Waals surface area contributed by atoms with Crippen LogP contribution in [-0.4, -0.2) is 13.1 Å². The largest absolute Gasteiger partial charge is 0.489 e. The lowest BCUT2D eigenvalue weighted by Gasteiger charge is -2.20. The predicted octanol–water partition coefficient (Wildman–Crippen LogP) is 4.81. The molecule has 122 valence electrons. The van der Waals surface area contributed by atoms with Gasteiger partial charge < -0.3 is 9.47 Å². The Hall–Kier alpha value is -2.29. The average Bonchev–Trinajstić information content (AvgIpc) is 2.59. The molecule has 1 atom stereocenters. The molecule has 0 spiro atoms. The van der Waals surface area contributed by atoms with Gasteiger partial charge in [-0.05, 0) is 41.2 Å². The maximum Gasteiger partial charge on any atom is 0.337 e. The second-order valence-corrected chi connectivity index (χ2v) is 6.05. The van der Waals surface area contributed by atoms with Crippen molar-refractivity contribution in [2.24, 2.45) is 5.92 Å². The molecule has 2 rings (SSSR count). The van der Waals surface area contributed by atoms with Crippen LogP contribution in [0.2, 0.25) is 0 Å². The highest BCUT2D eigenvalue weighted by Gasteiger charge is 2.14. The summed E-state index contributed by atoms with van der Waals surface area (Å²) in [6.07, 6.45) is 0. The van der Waals surface area contributed by atoms with E-state index in [9.17, 15) is 4.79 Å². The second-order valence-electron chi connectivity index (χ2n) is 6.05. The Morgan fingerprint density at radius 3 is 2.26 bits per heavy atom. The number of hydrogen-bond donors (Lipinski definition) is 0. The zero-order chi connectivity index (χ0) is 16.8. The van der Waals surface area contributed by atoms with E-state index in [0.717, 1.165) is 11.3 Å². The Morgan fingerprint density at radius 2 is 1.65 bits per heavy atom. The van der Waals surface area contributed by atoms with E-state index in [1.165, 1.54) is 12.7 Å². The first-order valence-corrected chi connectivity index (χ1v) is 7.92. The van der Waals surface area contributed by atoms with E-state index in [-0.39, 0.29) is 5.97 Å². The maximum absolute atomic E-state index is 11.4. The number of ether oxygens (including phenoxy) is 2. The highest BCUT2D eigenvalue weighted by Crippen LogP contribution is 2.31. The molecule has 0 saturated heterocycles. The van der Waals surface area contributed by atoms with Crippen LogP contribution in [0.4, 0.5) is 0 Å². The van der Waals surface area contributed by atoms with Gasteiger partial charge in [-0.15, -0.1) is 0 Å². The van der Waals surface area contributed by atoms with Gasteiger partial charge in [0.1, 0.15) is 12.4 Å². The first kappa shape index (κ1) is 17.1. The Labute approximate surface area is 138 Å². The summed E-state index contributed by atoms with van der Waals surface area (Å²) in [6.45, 7) is 7.13. The molecule has 0 saturated carbocycles. The van der Waals surface area contributed by atoms with Crippen molar-refractivity contribution < 1.29 is 14.3 Å². The third kappa shape index (κ3) is 4.35. The van der Waals surface area contributed by atoms with Crippen molar-refractivity contribution in [2.75, 3.05) is 7.11 Å². The summed E-state index contributed by atoms with van der Waals surface area (Å²) in [5.74, 6) is 1.59. The van der Waals surface area contributed by atoms with Gasteiger partial charge in [-0.3, -0.25) is 0 Å². The third-order valence-electron chi connectivity index (χ3n) is 4.18. The molecule has 23 heavy (non-hydrogen) atoms. The summed E-state index contributed by atoms with van der Waals surface area (Å²) < 4.78 is 10.7. The Bertz CT molecular complexity index is 644. The van der Waals surface area contributed by atoms with E-state index >= 15 is 0 Å². The van der Waals surface area contributed by atoms with Gasteiger partial charge in [-0.1, -0.05) is 51.1 Å². The number of methoxy groups -OCH3 is 1. The Kier molecular flexibility index (Phi) is 5.80. The molecule has 3 heteroatoms. The third-order valence-corrected chi connectivity index (χ3v) is 4.18. The molecule has 3 nitrogen and oxygen atoms in total. The lowest BCUT2D eigenvalue weighted by atomic mass is 9.90. The van der Waals surface area contributed by atoms with Crippen LogP contribution in [-0.2, 0) is 11.3 Å². The summed E-state index contributed by atoms with van der Waals surface area (Å²) >= 11 is 0. The van der Waals surface area contributed by atoms with Gasteiger partial charge in [0, 0.05) is 0 Å². The van der Waals surface area contributed by atoms with Crippen molar-refractivity contribution in [2.45, 2.75) is 33.3 Å². The molecule has 2 aromatic rings. The van der Waals surface area contributed by atoms with E-state index < -0.39 is 0 Å². The van der Waals surface area contributed by atoms with Crippen LogP contribution in [0.25, 0.3) is 0 Å². The number of esters is 1. The molecule has 0 radical (unpaired) electrons. The zero-order valence-corrected chi connectivity index (χ0v) is 14.2. The van der Waals surface area contributed by atoms with Crippen LogP contribution < -0.4 is 4.74 Å². The highest BCUT2D eigenvalue weighted by molar-refractivity contribution is 5.89. The fourth-order valence-corrected chi connectivity index (χ4v) is 2.36. The van der Waals surface area contributed by atoms with Gasteiger partial charge in [-0.25, -0.2) is 4.79 Å². The van der Waals surface area contributed by atoms with E-state index in [1.54, 1.807) is 12.1 Å². The number of benzene rings is 2. The number of carbonyl (C=O) groups is 1. The van der Waals surface area contributed by atoms with Crippen molar-refractivity contribution in [1.82, 2.24) is 0 Å². The molecule has 0 amide bonds. The van der Waals surface area contributed by atoms with Crippen molar-refractivity contribution in [3.63, 3.8) is 0 Å². The molecule has 0 N–H and O–H groups in total. The molecule has 0 fully saturated rings. The normalized spacial score (nSPS) is 12.0. The molecule has 0 aliphatic carbocycles. The van der Waals surface area contributed by atoms with Gasteiger partial charge >= 0.3 is 5.97 Å².